The van der Waals surface area contributed by atoms with Crippen LogP contribution in [-0.4, -0.2) is 12.1 Å². The molecule has 0 atom stereocenters. The molecular formula is C17H20N2OS. The Kier molecular flexibility index (Phi) is 4.91. The van der Waals surface area contributed by atoms with Gasteiger partial charge in [0.05, 0.1) is 12.6 Å². The molecule has 1 N–H and O–H groups in total. The zero-order valence-electron chi connectivity index (χ0n) is 12.6. The van der Waals surface area contributed by atoms with Crippen molar-refractivity contribution in [1.82, 2.24) is 5.43 Å². The van der Waals surface area contributed by atoms with Crippen molar-refractivity contribution in [1.29, 1.82) is 0 Å². The van der Waals surface area contributed by atoms with Gasteiger partial charge >= 0.3 is 0 Å². The van der Waals surface area contributed by atoms with E-state index in [0.717, 1.165) is 10.4 Å². The molecule has 2 aromatic rings. The van der Waals surface area contributed by atoms with E-state index in [1.54, 1.807) is 17.6 Å². The third kappa shape index (κ3) is 4.83. The number of carbonyl (C=O) groups is 1. The third-order valence-electron chi connectivity index (χ3n) is 3.09. The van der Waals surface area contributed by atoms with Gasteiger partial charge in [-0.15, -0.1) is 11.3 Å². The minimum Gasteiger partial charge on any atom is -0.273 e. The summed E-state index contributed by atoms with van der Waals surface area (Å²) >= 11 is 1.57. The zero-order chi connectivity index (χ0) is 15.3. The van der Waals surface area contributed by atoms with E-state index in [1.165, 1.54) is 5.56 Å². The first-order valence-electron chi connectivity index (χ1n) is 6.90. The Morgan fingerprint density at radius 1 is 1.24 bits per heavy atom. The van der Waals surface area contributed by atoms with Crippen LogP contribution in [0.5, 0.6) is 0 Å². The monoisotopic (exact) mass is 300 g/mol. The summed E-state index contributed by atoms with van der Waals surface area (Å²) in [5.41, 5.74) is 4.95. The molecule has 0 radical (unpaired) electrons. The number of carbonyl (C=O) groups excluding carboxylic acids is 1. The second-order valence-corrected chi connectivity index (χ2v) is 6.95. The highest BCUT2D eigenvalue weighted by atomic mass is 32.1. The normalized spacial score (nSPS) is 11.8. The lowest BCUT2D eigenvalue weighted by Crippen LogP contribution is -2.19. The minimum absolute atomic E-state index is 0.0972. The summed E-state index contributed by atoms with van der Waals surface area (Å²) in [5.74, 6) is -0.0972. The molecule has 0 fully saturated rings. The lowest BCUT2D eigenvalue weighted by atomic mass is 9.87. The Balaban J connectivity index is 1.88. The second-order valence-electron chi connectivity index (χ2n) is 5.92. The van der Waals surface area contributed by atoms with Crippen LogP contribution in [0.3, 0.4) is 0 Å². The average molecular weight is 300 g/mol. The number of rotatable bonds is 4. The van der Waals surface area contributed by atoms with Gasteiger partial charge < -0.3 is 0 Å². The van der Waals surface area contributed by atoms with E-state index >= 15 is 0 Å². The van der Waals surface area contributed by atoms with E-state index in [4.69, 9.17) is 0 Å². The van der Waals surface area contributed by atoms with Gasteiger partial charge in [-0.3, -0.25) is 4.79 Å². The van der Waals surface area contributed by atoms with Gasteiger partial charge in [-0.05, 0) is 28.0 Å². The molecule has 1 aromatic carbocycles. The summed E-state index contributed by atoms with van der Waals surface area (Å²) in [5, 5.41) is 5.95. The van der Waals surface area contributed by atoms with Crippen molar-refractivity contribution >= 4 is 23.5 Å². The molecule has 0 aliphatic rings. The highest BCUT2D eigenvalue weighted by Crippen LogP contribution is 2.21. The van der Waals surface area contributed by atoms with E-state index in [0.29, 0.717) is 6.42 Å². The first kappa shape index (κ1) is 15.4. The van der Waals surface area contributed by atoms with Crippen LogP contribution >= 0.6 is 11.3 Å². The molecule has 0 saturated heterocycles. The summed E-state index contributed by atoms with van der Waals surface area (Å²) in [6.07, 6.45) is 2.04. The summed E-state index contributed by atoms with van der Waals surface area (Å²) in [4.78, 5) is 12.7. The molecule has 0 spiro atoms. The quantitative estimate of drug-likeness (QED) is 0.678. The maximum Gasteiger partial charge on any atom is 0.245 e. The Morgan fingerprint density at radius 2 is 1.95 bits per heavy atom. The molecule has 3 nitrogen and oxygen atoms in total. The molecule has 0 bridgehead atoms. The van der Waals surface area contributed by atoms with Gasteiger partial charge in [0.15, 0.2) is 0 Å². The van der Waals surface area contributed by atoms with Crippen LogP contribution in [0.15, 0.2) is 46.9 Å². The first-order chi connectivity index (χ1) is 9.95. The zero-order valence-corrected chi connectivity index (χ0v) is 13.4. The van der Waals surface area contributed by atoms with Gasteiger partial charge in [0.2, 0.25) is 5.91 Å². The van der Waals surface area contributed by atoms with E-state index in [2.05, 4.69) is 43.4 Å². The maximum atomic E-state index is 11.7. The number of benzene rings is 1. The van der Waals surface area contributed by atoms with Crippen molar-refractivity contribution in [3.05, 3.63) is 57.8 Å². The number of hydrazone groups is 1. The highest BCUT2D eigenvalue weighted by molar-refractivity contribution is 7.10. The lowest BCUT2D eigenvalue weighted by molar-refractivity contribution is -0.120. The molecule has 2 rings (SSSR count). The fourth-order valence-corrected chi connectivity index (χ4v) is 2.56. The second kappa shape index (κ2) is 6.68. The third-order valence-corrected chi connectivity index (χ3v) is 3.97. The number of nitrogens with zero attached hydrogens (tertiary/aromatic N) is 1. The molecule has 0 unspecified atom stereocenters. The summed E-state index contributed by atoms with van der Waals surface area (Å²) < 4.78 is 0. The van der Waals surface area contributed by atoms with Crippen LogP contribution in [0.2, 0.25) is 0 Å². The smallest absolute Gasteiger partial charge is 0.245 e. The van der Waals surface area contributed by atoms with Gasteiger partial charge in [0.25, 0.3) is 0 Å². The van der Waals surface area contributed by atoms with Gasteiger partial charge in [0, 0.05) is 4.88 Å². The molecule has 110 valence electrons. The fraction of sp³-hybridized carbons (Fsp3) is 0.294. The SMILES string of the molecule is CC(C)(C)c1ccc(C=NNC(=O)Cc2cccs2)cc1. The van der Waals surface area contributed by atoms with Gasteiger partial charge in [-0.2, -0.15) is 5.10 Å². The molecule has 0 aliphatic carbocycles. The molecule has 1 amide bonds. The Hall–Kier alpha value is -1.94. The van der Waals surface area contributed by atoms with Gasteiger partial charge in [-0.25, -0.2) is 5.43 Å². The molecule has 0 saturated carbocycles. The minimum atomic E-state index is -0.0972. The summed E-state index contributed by atoms with van der Waals surface area (Å²) in [6.45, 7) is 6.54. The van der Waals surface area contributed by atoms with Crippen LogP contribution in [0.25, 0.3) is 0 Å². The number of hydrogen-bond acceptors (Lipinski definition) is 3. The molecule has 21 heavy (non-hydrogen) atoms. The van der Waals surface area contributed by atoms with E-state index in [-0.39, 0.29) is 11.3 Å². The van der Waals surface area contributed by atoms with Crippen molar-refractivity contribution < 1.29 is 4.79 Å². The summed E-state index contributed by atoms with van der Waals surface area (Å²) in [7, 11) is 0. The van der Waals surface area contributed by atoms with Crippen molar-refractivity contribution in [3.63, 3.8) is 0 Å². The maximum absolute atomic E-state index is 11.7. The molecule has 1 aromatic heterocycles. The van der Waals surface area contributed by atoms with Crippen molar-refractivity contribution in [2.75, 3.05) is 0 Å². The van der Waals surface area contributed by atoms with Gasteiger partial charge in [0.1, 0.15) is 0 Å². The topological polar surface area (TPSA) is 41.5 Å². The fourth-order valence-electron chi connectivity index (χ4n) is 1.86. The van der Waals surface area contributed by atoms with Crippen LogP contribution in [-0.2, 0) is 16.6 Å². The van der Waals surface area contributed by atoms with Crippen LogP contribution in [0.1, 0.15) is 36.8 Å². The standard InChI is InChI=1S/C17H20N2OS/c1-17(2,3)14-8-6-13(7-9-14)12-18-19-16(20)11-15-5-4-10-21-15/h4-10,12H,11H2,1-3H3,(H,19,20). The lowest BCUT2D eigenvalue weighted by Gasteiger charge is -2.18. The molecule has 1 heterocycles. The molecule has 0 aliphatic heterocycles. The van der Waals surface area contributed by atoms with E-state index in [9.17, 15) is 4.79 Å². The molecule has 4 heteroatoms. The Morgan fingerprint density at radius 3 is 2.52 bits per heavy atom. The largest absolute Gasteiger partial charge is 0.273 e. The predicted octanol–water partition coefficient (Wildman–Crippen LogP) is 3.74. The highest BCUT2D eigenvalue weighted by Gasteiger charge is 2.12. The van der Waals surface area contributed by atoms with Crippen molar-refractivity contribution in [2.45, 2.75) is 32.6 Å². The summed E-state index contributed by atoms with van der Waals surface area (Å²) in [6, 6.07) is 12.1. The van der Waals surface area contributed by atoms with Crippen molar-refractivity contribution in [3.8, 4) is 0 Å². The average Bonchev–Trinajstić information content (AvgIpc) is 2.91. The van der Waals surface area contributed by atoms with E-state index < -0.39 is 0 Å². The number of hydrogen-bond donors (Lipinski definition) is 1. The van der Waals surface area contributed by atoms with Crippen LogP contribution in [0.4, 0.5) is 0 Å². The first-order valence-corrected chi connectivity index (χ1v) is 7.78. The van der Waals surface area contributed by atoms with Crippen LogP contribution in [0, 0.1) is 0 Å². The number of nitrogens with one attached hydrogen (secondary N) is 1. The Bertz CT molecular complexity index is 607. The van der Waals surface area contributed by atoms with Crippen LogP contribution < -0.4 is 5.43 Å². The predicted molar refractivity (Wildman–Crippen MR) is 88.9 cm³/mol. The van der Waals surface area contributed by atoms with Gasteiger partial charge in [-0.1, -0.05) is 51.1 Å². The number of amides is 1. The molecular weight excluding hydrogens is 280 g/mol. The Labute approximate surface area is 129 Å². The van der Waals surface area contributed by atoms with E-state index in [1.807, 2.05) is 29.6 Å². The van der Waals surface area contributed by atoms with Crippen molar-refractivity contribution in [2.24, 2.45) is 5.10 Å². The number of thiophene rings is 1.